The molecule has 1 atom stereocenters. The molecule has 1 amide bonds. The average molecular weight is 321 g/mol. The molecule has 0 fully saturated rings. The molecule has 0 saturated carbocycles. The van der Waals surface area contributed by atoms with Crippen LogP contribution in [0.4, 0.5) is 5.69 Å². The van der Waals surface area contributed by atoms with Gasteiger partial charge in [-0.25, -0.2) is 0 Å². The first kappa shape index (κ1) is 14.6. The molecule has 0 spiro atoms. The van der Waals surface area contributed by atoms with E-state index in [0.717, 1.165) is 23.2 Å². The summed E-state index contributed by atoms with van der Waals surface area (Å²) in [5, 5.41) is 9.00. The van der Waals surface area contributed by atoms with Crippen molar-refractivity contribution in [2.45, 2.75) is 25.8 Å². The smallest absolute Gasteiger partial charge is 0.228 e. The monoisotopic (exact) mass is 320 g/mol. The van der Waals surface area contributed by atoms with E-state index >= 15 is 0 Å². The van der Waals surface area contributed by atoms with Crippen molar-refractivity contribution in [2.24, 2.45) is 0 Å². The van der Waals surface area contributed by atoms with Crippen molar-refractivity contribution in [2.75, 3.05) is 12.4 Å². The molecule has 1 aliphatic heterocycles. The number of anilines is 1. The molecule has 1 aromatic carbocycles. The Morgan fingerprint density at radius 3 is 3.00 bits per heavy atom. The molecule has 1 unspecified atom stereocenters. The predicted molar refractivity (Wildman–Crippen MR) is 88.4 cm³/mol. The summed E-state index contributed by atoms with van der Waals surface area (Å²) in [6, 6.07) is 6.14. The van der Waals surface area contributed by atoms with Gasteiger partial charge in [-0.2, -0.15) is 0 Å². The number of carbonyl (C=O) groups excluding carboxylic acids is 1. The maximum Gasteiger partial charge on any atom is 0.228 e. The Morgan fingerprint density at radius 1 is 1.48 bits per heavy atom. The van der Waals surface area contributed by atoms with Crippen molar-refractivity contribution < 1.29 is 4.79 Å². The zero-order chi connectivity index (χ0) is 15.0. The minimum absolute atomic E-state index is 0.0320. The minimum atomic E-state index is 0.0320. The third kappa shape index (κ3) is 2.59. The first-order chi connectivity index (χ1) is 10.1. The van der Waals surface area contributed by atoms with Crippen LogP contribution in [0.5, 0.6) is 0 Å². The lowest BCUT2D eigenvalue weighted by molar-refractivity contribution is -0.115. The number of hydrogen-bond acceptors (Lipinski definition) is 3. The van der Waals surface area contributed by atoms with Crippen molar-refractivity contribution >= 4 is 34.5 Å². The van der Waals surface area contributed by atoms with E-state index in [1.54, 1.807) is 11.3 Å². The molecule has 0 bridgehead atoms. The third-order valence-electron chi connectivity index (χ3n) is 3.87. The Morgan fingerprint density at radius 2 is 2.29 bits per heavy atom. The Kier molecular flexibility index (Phi) is 4.02. The molecule has 0 saturated heterocycles. The van der Waals surface area contributed by atoms with Gasteiger partial charge < -0.3 is 10.6 Å². The van der Waals surface area contributed by atoms with Crippen molar-refractivity contribution in [3.63, 3.8) is 0 Å². The number of amides is 1. The van der Waals surface area contributed by atoms with Crippen molar-refractivity contribution in [1.29, 1.82) is 0 Å². The minimum Gasteiger partial charge on any atom is -0.325 e. The third-order valence-corrected chi connectivity index (χ3v) is 5.22. The Labute approximate surface area is 133 Å². The molecule has 110 valence electrons. The molecule has 0 radical (unpaired) electrons. The highest BCUT2D eigenvalue weighted by Gasteiger charge is 2.24. The van der Waals surface area contributed by atoms with Gasteiger partial charge in [-0.15, -0.1) is 11.3 Å². The number of aryl methyl sites for hydroxylation is 1. The number of benzene rings is 1. The van der Waals surface area contributed by atoms with Gasteiger partial charge in [0.2, 0.25) is 5.91 Å². The van der Waals surface area contributed by atoms with E-state index in [4.69, 9.17) is 11.6 Å². The molecule has 2 aromatic rings. The number of hydrogen-bond donors (Lipinski definition) is 2. The first-order valence-electron chi connectivity index (χ1n) is 6.99. The number of rotatable bonds is 4. The van der Waals surface area contributed by atoms with Gasteiger partial charge in [0.15, 0.2) is 0 Å². The molecule has 5 heteroatoms. The highest BCUT2D eigenvalue weighted by molar-refractivity contribution is 7.10. The van der Waals surface area contributed by atoms with Crippen molar-refractivity contribution in [3.05, 3.63) is 50.2 Å². The van der Waals surface area contributed by atoms with Crippen LogP contribution < -0.4 is 10.6 Å². The molecule has 2 N–H and O–H groups in total. The van der Waals surface area contributed by atoms with E-state index in [-0.39, 0.29) is 11.9 Å². The van der Waals surface area contributed by atoms with Gasteiger partial charge in [-0.05, 0) is 53.7 Å². The summed E-state index contributed by atoms with van der Waals surface area (Å²) >= 11 is 8.20. The maximum atomic E-state index is 11.5. The summed E-state index contributed by atoms with van der Waals surface area (Å²) in [5.74, 6) is 0.0320. The van der Waals surface area contributed by atoms with Gasteiger partial charge in [0.05, 0.1) is 12.5 Å². The van der Waals surface area contributed by atoms with Crippen LogP contribution in [0.25, 0.3) is 0 Å². The van der Waals surface area contributed by atoms with Crippen LogP contribution in [0.2, 0.25) is 5.02 Å². The summed E-state index contributed by atoms with van der Waals surface area (Å²) in [6.45, 7) is 2.16. The highest BCUT2D eigenvalue weighted by atomic mass is 35.5. The second-order valence-electron chi connectivity index (χ2n) is 5.14. The van der Waals surface area contributed by atoms with Gasteiger partial charge in [0, 0.05) is 15.6 Å². The standard InChI is InChI=1S/C16H17ClN2OS/c1-3-9-4-5-21-16(9)15(18-2)11-6-10-7-14(20)19-13(10)8-12(11)17/h4-6,8,15,18H,3,7H2,1-2H3,(H,19,20). The molecule has 3 nitrogen and oxygen atoms in total. The molecular formula is C16H17ClN2OS. The van der Waals surface area contributed by atoms with E-state index in [9.17, 15) is 4.79 Å². The van der Waals surface area contributed by atoms with Crippen LogP contribution in [0.3, 0.4) is 0 Å². The van der Waals surface area contributed by atoms with Crippen LogP contribution in [0.1, 0.15) is 34.5 Å². The molecule has 3 rings (SSSR count). The Bertz CT molecular complexity index is 696. The molecule has 2 heterocycles. The normalized spacial score (nSPS) is 14.9. The summed E-state index contributed by atoms with van der Waals surface area (Å²) in [6.07, 6.45) is 1.43. The second kappa shape index (κ2) is 5.79. The fourth-order valence-electron chi connectivity index (χ4n) is 2.81. The zero-order valence-corrected chi connectivity index (χ0v) is 13.6. The van der Waals surface area contributed by atoms with E-state index in [1.165, 1.54) is 10.4 Å². The van der Waals surface area contributed by atoms with Crippen LogP contribution in [-0.2, 0) is 17.6 Å². The van der Waals surface area contributed by atoms with Crippen LogP contribution >= 0.6 is 22.9 Å². The molecule has 0 aliphatic carbocycles. The molecular weight excluding hydrogens is 304 g/mol. The van der Waals surface area contributed by atoms with Gasteiger partial charge in [-0.3, -0.25) is 4.79 Å². The van der Waals surface area contributed by atoms with Gasteiger partial charge in [-0.1, -0.05) is 18.5 Å². The zero-order valence-electron chi connectivity index (χ0n) is 12.0. The number of carbonyl (C=O) groups is 1. The van der Waals surface area contributed by atoms with Crippen LogP contribution in [0.15, 0.2) is 23.6 Å². The van der Waals surface area contributed by atoms with Crippen LogP contribution in [-0.4, -0.2) is 13.0 Å². The quantitative estimate of drug-likeness (QED) is 0.900. The van der Waals surface area contributed by atoms with Gasteiger partial charge in [0.25, 0.3) is 0 Å². The highest BCUT2D eigenvalue weighted by Crippen LogP contribution is 2.37. The Hall–Kier alpha value is -1.36. The first-order valence-corrected chi connectivity index (χ1v) is 8.25. The summed E-state index contributed by atoms with van der Waals surface area (Å²) in [4.78, 5) is 12.8. The summed E-state index contributed by atoms with van der Waals surface area (Å²) in [7, 11) is 1.94. The lowest BCUT2D eigenvalue weighted by atomic mass is 9.98. The van der Waals surface area contributed by atoms with Gasteiger partial charge >= 0.3 is 0 Å². The van der Waals surface area contributed by atoms with E-state index in [1.807, 2.05) is 13.1 Å². The lowest BCUT2D eigenvalue weighted by Crippen LogP contribution is -2.18. The number of nitrogens with one attached hydrogen (secondary N) is 2. The molecule has 21 heavy (non-hydrogen) atoms. The number of halogens is 1. The average Bonchev–Trinajstić information content (AvgIpc) is 3.05. The maximum absolute atomic E-state index is 11.5. The fourth-order valence-corrected chi connectivity index (χ4v) is 4.21. The molecule has 1 aromatic heterocycles. The van der Waals surface area contributed by atoms with Crippen molar-refractivity contribution in [3.8, 4) is 0 Å². The largest absolute Gasteiger partial charge is 0.325 e. The second-order valence-corrected chi connectivity index (χ2v) is 6.50. The topological polar surface area (TPSA) is 41.1 Å². The predicted octanol–water partition coefficient (Wildman–Crippen LogP) is 3.77. The molecule has 1 aliphatic rings. The SMILES string of the molecule is CCc1ccsc1C(NC)c1cc2c(cc1Cl)NC(=O)C2. The fraction of sp³-hybridized carbons (Fsp3) is 0.312. The van der Waals surface area contributed by atoms with E-state index < -0.39 is 0 Å². The van der Waals surface area contributed by atoms with Crippen molar-refractivity contribution in [1.82, 2.24) is 5.32 Å². The van der Waals surface area contributed by atoms with Gasteiger partial charge in [0.1, 0.15) is 0 Å². The summed E-state index contributed by atoms with van der Waals surface area (Å²) < 4.78 is 0. The number of thiophene rings is 1. The lowest BCUT2D eigenvalue weighted by Gasteiger charge is -2.19. The number of fused-ring (bicyclic) bond motifs is 1. The van der Waals surface area contributed by atoms with E-state index in [2.05, 4.69) is 35.1 Å². The van der Waals surface area contributed by atoms with E-state index in [0.29, 0.717) is 11.4 Å². The Balaban J connectivity index is 2.06. The summed E-state index contributed by atoms with van der Waals surface area (Å²) in [5.41, 5.74) is 4.23. The van der Waals surface area contributed by atoms with Crippen LogP contribution in [0, 0.1) is 0 Å².